The summed E-state index contributed by atoms with van der Waals surface area (Å²) in [5.41, 5.74) is 1.56. The molecule has 4 aliphatic rings. The number of carboxylic acids is 2. The van der Waals surface area contributed by atoms with Crippen LogP contribution in [0.4, 0.5) is 0 Å². The third kappa shape index (κ3) is 14.6. The minimum absolute atomic E-state index is 0.00833. The highest BCUT2D eigenvalue weighted by atomic mass is 16.7. The zero-order chi connectivity index (χ0) is 47.4. The van der Waals surface area contributed by atoms with Gasteiger partial charge >= 0.3 is 11.9 Å². The van der Waals surface area contributed by atoms with Crippen molar-refractivity contribution in [3.63, 3.8) is 0 Å². The summed E-state index contributed by atoms with van der Waals surface area (Å²) < 4.78 is 31.2. The molecule has 2 aliphatic heterocycles. The first-order chi connectivity index (χ1) is 31.0. The van der Waals surface area contributed by atoms with Crippen LogP contribution in [0.15, 0.2) is 24.3 Å². The van der Waals surface area contributed by atoms with E-state index in [0.717, 1.165) is 43.2 Å². The van der Waals surface area contributed by atoms with Crippen LogP contribution in [0.25, 0.3) is 0 Å². The molecule has 10 N–H and O–H groups in total. The predicted octanol–water partition coefficient (Wildman–Crippen LogP) is 0.600. The highest BCUT2D eigenvalue weighted by Crippen LogP contribution is 2.40. The smallest absolute Gasteiger partial charge is 0.332 e. The largest absolute Gasteiger partial charge is 0.481 e. The van der Waals surface area contributed by atoms with Crippen molar-refractivity contribution in [3.8, 4) is 0 Å². The van der Waals surface area contributed by atoms with Gasteiger partial charge in [-0.05, 0) is 55.6 Å². The average Bonchev–Trinajstić information content (AvgIpc) is 3.28. The first-order valence-electron chi connectivity index (χ1n) is 22.9. The fraction of sp³-hybridized carbons (Fsp3) is 0.756. The number of carboxylic acid groups (broad SMARTS) is 2. The second-order valence-electron chi connectivity index (χ2n) is 18.0. The van der Waals surface area contributed by atoms with Crippen LogP contribution in [0.2, 0.25) is 0 Å². The summed E-state index contributed by atoms with van der Waals surface area (Å²) in [6.07, 6.45) is -10.7. The number of aliphatic hydroxyl groups excluding tert-OH is 5. The van der Waals surface area contributed by atoms with Gasteiger partial charge in [0.2, 0.25) is 17.7 Å². The monoisotopic (exact) mass is 923 g/mol. The number of hydrogen-bond acceptors (Lipinski definition) is 15. The van der Waals surface area contributed by atoms with Gasteiger partial charge in [-0.2, -0.15) is 0 Å². The van der Waals surface area contributed by atoms with E-state index in [1.54, 1.807) is 24.3 Å². The van der Waals surface area contributed by atoms with E-state index in [-0.39, 0.29) is 69.3 Å². The number of hydrogen-bond donors (Lipinski definition) is 10. The van der Waals surface area contributed by atoms with Crippen molar-refractivity contribution >= 4 is 29.7 Å². The Kier molecular flexibility index (Phi) is 19.9. The van der Waals surface area contributed by atoms with Gasteiger partial charge in [0.25, 0.3) is 0 Å². The molecule has 20 heteroatoms. The van der Waals surface area contributed by atoms with E-state index in [9.17, 15) is 54.6 Å². The zero-order valence-corrected chi connectivity index (χ0v) is 37.4. The van der Waals surface area contributed by atoms with Gasteiger partial charge in [-0.25, -0.2) is 4.79 Å². The predicted molar refractivity (Wildman–Crippen MR) is 227 cm³/mol. The van der Waals surface area contributed by atoms with Crippen LogP contribution in [0.3, 0.4) is 0 Å². The van der Waals surface area contributed by atoms with Crippen molar-refractivity contribution in [2.75, 3.05) is 6.61 Å². The van der Waals surface area contributed by atoms with Crippen LogP contribution in [-0.2, 0) is 60.7 Å². The zero-order valence-electron chi connectivity index (χ0n) is 37.4. The van der Waals surface area contributed by atoms with E-state index >= 15 is 0 Å². The maximum atomic E-state index is 14.0. The van der Waals surface area contributed by atoms with E-state index < -0.39 is 116 Å². The average molecular weight is 924 g/mol. The molecule has 1 aromatic rings. The highest BCUT2D eigenvalue weighted by molar-refractivity contribution is 5.79. The van der Waals surface area contributed by atoms with E-state index in [2.05, 4.69) is 16.0 Å². The molecule has 2 saturated carbocycles. The van der Waals surface area contributed by atoms with Crippen LogP contribution in [-0.4, -0.2) is 152 Å². The highest BCUT2D eigenvalue weighted by Gasteiger charge is 2.53. The summed E-state index contributed by atoms with van der Waals surface area (Å²) in [5.74, 6) is -4.46. The lowest BCUT2D eigenvalue weighted by atomic mass is 9.75. The quantitative estimate of drug-likeness (QED) is 0.0807. The number of carbonyl (C=O) groups excluding carboxylic acids is 3. The Labute approximate surface area is 378 Å². The number of rotatable bonds is 21. The number of aliphatic carboxylic acids is 2. The second kappa shape index (κ2) is 24.8. The van der Waals surface area contributed by atoms with Gasteiger partial charge in [0.05, 0.1) is 24.9 Å². The van der Waals surface area contributed by atoms with Crippen LogP contribution in [0.5, 0.6) is 0 Å². The molecular weight excluding hydrogens is 854 g/mol. The Hall–Kier alpha value is -3.83. The van der Waals surface area contributed by atoms with E-state index in [4.69, 9.17) is 28.8 Å². The Morgan fingerprint density at radius 3 is 2.06 bits per heavy atom. The summed E-state index contributed by atoms with van der Waals surface area (Å²) in [4.78, 5) is 62.3. The molecule has 4 fully saturated rings. The molecule has 9 unspecified atom stereocenters. The van der Waals surface area contributed by atoms with E-state index in [1.807, 2.05) is 6.92 Å². The molecule has 15 atom stereocenters. The van der Waals surface area contributed by atoms with Crippen molar-refractivity contribution in [1.82, 2.24) is 16.0 Å². The van der Waals surface area contributed by atoms with Gasteiger partial charge in [-0.3, -0.25) is 19.2 Å². The van der Waals surface area contributed by atoms with E-state index in [1.165, 1.54) is 13.8 Å². The van der Waals surface area contributed by atoms with Crippen molar-refractivity contribution in [2.24, 2.45) is 17.8 Å². The second-order valence-corrected chi connectivity index (χ2v) is 18.0. The fourth-order valence-electron chi connectivity index (χ4n) is 9.37. The van der Waals surface area contributed by atoms with Gasteiger partial charge in [0.15, 0.2) is 18.7 Å². The van der Waals surface area contributed by atoms with Crippen LogP contribution >= 0.6 is 0 Å². The summed E-state index contributed by atoms with van der Waals surface area (Å²) in [7, 11) is 0. The van der Waals surface area contributed by atoms with Crippen LogP contribution in [0.1, 0.15) is 109 Å². The molecule has 0 spiro atoms. The maximum Gasteiger partial charge on any atom is 0.332 e. The third-order valence-electron chi connectivity index (χ3n) is 13.1. The Morgan fingerprint density at radius 2 is 1.46 bits per heavy atom. The van der Waals surface area contributed by atoms with Crippen molar-refractivity contribution in [3.05, 3.63) is 35.4 Å². The topological polar surface area (TPSA) is 309 Å². The van der Waals surface area contributed by atoms with Crippen LogP contribution in [0, 0.1) is 17.8 Å². The van der Waals surface area contributed by atoms with Crippen molar-refractivity contribution < 1.29 is 83.4 Å². The Morgan fingerprint density at radius 1 is 0.800 bits per heavy atom. The first-order valence-corrected chi connectivity index (χ1v) is 22.9. The summed E-state index contributed by atoms with van der Waals surface area (Å²) in [6, 6.07) is 5.88. The minimum Gasteiger partial charge on any atom is -0.481 e. The molecule has 1 aromatic carbocycles. The molecule has 0 radical (unpaired) electrons. The standard InChI is InChI=1S/C45H69N3O17/c1-4-28-18-29(42(58)47-21-27-15-13-26(14-16-27)20-46-33(51)11-8-12-34(52)53)19-30(40(28)65-45-39(57)38(56)36(54)23(2)61-45)63-44-35(48-24(3)50)41(37(55)32(22-49)64-44)62-31(43(59)60)17-25-9-6-5-7-10-25/h13-16,23,25,28-32,35-41,44-45,49,54-57H,4-12,17-22H2,1-3H3,(H,46,51)(H,47,58)(H,48,50)(H,52,53)(H,59,60)/t23?,28?,29?,30-,31+,32?,35?,36-,37+,38?,39?,40?,41?,44-,45+/m1/s1. The molecule has 3 amide bonds. The molecule has 20 nitrogen and oxygen atoms in total. The molecular formula is C45H69N3O17. The SMILES string of the molecule is CCC1CC(C(=O)NCc2ccc(CNC(=O)CCCC(=O)O)cc2)C[C@@H](O[C@@H]2OC(CO)[C@H](O)C(O[C@@H](CC3CCCCC3)C(=O)O)C2NC(C)=O)C1O[C@@H]1OC(C)[C@@H](O)C(O)C1O. The lowest BCUT2D eigenvalue weighted by Gasteiger charge is -2.49. The molecule has 0 aromatic heterocycles. The van der Waals surface area contributed by atoms with Crippen molar-refractivity contribution in [1.29, 1.82) is 0 Å². The normalized spacial score (nSPS) is 33.7. The maximum absolute atomic E-state index is 14.0. The first kappa shape index (κ1) is 52.1. The fourth-order valence-corrected chi connectivity index (χ4v) is 9.37. The number of ether oxygens (including phenoxy) is 5. The minimum atomic E-state index is -1.67. The molecule has 0 bridgehead atoms. The molecule has 65 heavy (non-hydrogen) atoms. The van der Waals surface area contributed by atoms with Gasteiger partial charge in [0, 0.05) is 38.8 Å². The molecule has 366 valence electrons. The lowest BCUT2D eigenvalue weighted by molar-refractivity contribution is -0.338. The third-order valence-corrected chi connectivity index (χ3v) is 13.1. The molecule has 5 rings (SSSR count). The number of nitrogens with one attached hydrogen (secondary N) is 3. The molecule has 2 saturated heterocycles. The Balaban J connectivity index is 1.36. The molecule has 2 heterocycles. The summed E-state index contributed by atoms with van der Waals surface area (Å²) in [5, 5.41) is 81.4. The lowest BCUT2D eigenvalue weighted by Crippen LogP contribution is -2.67. The van der Waals surface area contributed by atoms with Gasteiger partial charge in [0.1, 0.15) is 42.7 Å². The van der Waals surface area contributed by atoms with E-state index in [0.29, 0.717) is 6.42 Å². The van der Waals surface area contributed by atoms with Gasteiger partial charge < -0.3 is 75.4 Å². The Bertz CT molecular complexity index is 1710. The number of carbonyl (C=O) groups is 5. The van der Waals surface area contributed by atoms with Gasteiger partial charge in [-0.15, -0.1) is 0 Å². The van der Waals surface area contributed by atoms with Crippen molar-refractivity contribution in [2.45, 2.75) is 191 Å². The van der Waals surface area contributed by atoms with Gasteiger partial charge in [-0.1, -0.05) is 69.7 Å². The summed E-state index contributed by atoms with van der Waals surface area (Å²) >= 11 is 0. The number of benzene rings is 1. The number of aliphatic hydroxyl groups is 5. The van der Waals surface area contributed by atoms with Crippen LogP contribution < -0.4 is 16.0 Å². The number of amides is 3. The molecule has 2 aliphatic carbocycles. The summed E-state index contributed by atoms with van der Waals surface area (Å²) in [6.45, 7) is 4.26.